The molecule has 0 aliphatic carbocycles. The number of nitrogens with zero attached hydrogens (tertiary/aromatic N) is 2. The summed E-state index contributed by atoms with van der Waals surface area (Å²) in [4.78, 5) is 19.1. The predicted molar refractivity (Wildman–Crippen MR) is 76.1 cm³/mol. The molecule has 1 aromatic carbocycles. The van der Waals surface area contributed by atoms with E-state index in [1.54, 1.807) is 6.20 Å². The van der Waals surface area contributed by atoms with Crippen LogP contribution >= 0.6 is 27.5 Å². The quantitative estimate of drug-likeness (QED) is 0.738. The van der Waals surface area contributed by atoms with Crippen LogP contribution in [0, 0.1) is 0 Å². The van der Waals surface area contributed by atoms with E-state index in [2.05, 4.69) is 30.3 Å². The molecule has 0 fully saturated rings. The largest absolute Gasteiger partial charge is 0.305 e. The van der Waals surface area contributed by atoms with Gasteiger partial charge in [-0.3, -0.25) is 4.79 Å². The highest BCUT2D eigenvalue weighted by molar-refractivity contribution is 9.08. The molecule has 0 saturated heterocycles. The maximum atomic E-state index is 11.9. The summed E-state index contributed by atoms with van der Waals surface area (Å²) in [6, 6.07) is 7.89. The molecule has 0 radical (unpaired) electrons. The van der Waals surface area contributed by atoms with Gasteiger partial charge in [0.25, 0.3) is 5.56 Å². The zero-order valence-corrected chi connectivity index (χ0v) is 11.6. The molecule has 0 unspecified atom stereocenters. The molecule has 4 nitrogen and oxygen atoms in total. The van der Waals surface area contributed by atoms with E-state index >= 15 is 0 Å². The molecule has 18 heavy (non-hydrogen) atoms. The maximum absolute atomic E-state index is 11.9. The normalized spacial score (nSPS) is 10.9. The van der Waals surface area contributed by atoms with Crippen molar-refractivity contribution in [2.75, 3.05) is 0 Å². The number of nitrogens with one attached hydrogen (secondary N) is 1. The summed E-state index contributed by atoms with van der Waals surface area (Å²) in [5, 5.41) is 0.771. The highest BCUT2D eigenvalue weighted by atomic mass is 79.9. The van der Waals surface area contributed by atoms with Crippen LogP contribution in [0.25, 0.3) is 21.6 Å². The van der Waals surface area contributed by atoms with Gasteiger partial charge in [-0.2, -0.15) is 4.37 Å². The van der Waals surface area contributed by atoms with Gasteiger partial charge in [0.2, 0.25) is 0 Å². The van der Waals surface area contributed by atoms with Crippen molar-refractivity contribution in [2.45, 2.75) is 5.33 Å². The second-order valence-corrected chi connectivity index (χ2v) is 5.15. The lowest BCUT2D eigenvalue weighted by Crippen LogP contribution is -2.07. The maximum Gasteiger partial charge on any atom is 0.270 e. The SMILES string of the molecule is O=c1[nH]c(-c2cccc(CBr)c2)nc2cnsc12. The van der Waals surface area contributed by atoms with Gasteiger partial charge in [-0.1, -0.05) is 34.1 Å². The van der Waals surface area contributed by atoms with Crippen LogP contribution in [0.2, 0.25) is 0 Å². The summed E-state index contributed by atoms with van der Waals surface area (Å²) in [6.07, 6.45) is 1.62. The highest BCUT2D eigenvalue weighted by Gasteiger charge is 2.07. The smallest absolute Gasteiger partial charge is 0.270 e. The van der Waals surface area contributed by atoms with Crippen molar-refractivity contribution in [3.63, 3.8) is 0 Å². The Kier molecular flexibility index (Phi) is 2.97. The van der Waals surface area contributed by atoms with Gasteiger partial charge < -0.3 is 4.98 Å². The van der Waals surface area contributed by atoms with Crippen LogP contribution in [-0.2, 0) is 5.33 Å². The van der Waals surface area contributed by atoms with Gasteiger partial charge in [-0.25, -0.2) is 4.98 Å². The third-order valence-electron chi connectivity index (χ3n) is 2.58. The number of H-pyrrole nitrogens is 1. The summed E-state index contributed by atoms with van der Waals surface area (Å²) in [5.74, 6) is 0.579. The van der Waals surface area contributed by atoms with E-state index in [1.165, 1.54) is 0 Å². The molecule has 3 aromatic rings. The topological polar surface area (TPSA) is 58.6 Å². The Bertz CT molecular complexity index is 765. The number of halogens is 1. The van der Waals surface area contributed by atoms with Gasteiger partial charge >= 0.3 is 0 Å². The van der Waals surface area contributed by atoms with Gasteiger partial charge in [0, 0.05) is 10.9 Å². The molecule has 1 N–H and O–H groups in total. The second-order valence-electron chi connectivity index (χ2n) is 3.79. The molecule has 0 saturated carbocycles. The van der Waals surface area contributed by atoms with Gasteiger partial charge in [0.05, 0.1) is 6.20 Å². The summed E-state index contributed by atoms with van der Waals surface area (Å²) in [6.45, 7) is 0. The predicted octanol–water partition coefficient (Wildman–Crippen LogP) is 2.94. The number of fused-ring (bicyclic) bond motifs is 1. The average Bonchev–Trinajstić information content (AvgIpc) is 2.87. The molecule has 6 heteroatoms. The highest BCUT2D eigenvalue weighted by Crippen LogP contribution is 2.19. The molecule has 0 bridgehead atoms. The number of aromatic amines is 1. The van der Waals surface area contributed by atoms with E-state index in [1.807, 2.05) is 24.3 Å². The number of alkyl halides is 1. The van der Waals surface area contributed by atoms with Crippen LogP contribution in [0.3, 0.4) is 0 Å². The van der Waals surface area contributed by atoms with Crippen molar-refractivity contribution in [3.05, 3.63) is 46.4 Å². The van der Waals surface area contributed by atoms with Crippen molar-refractivity contribution in [1.29, 1.82) is 0 Å². The van der Waals surface area contributed by atoms with E-state index in [4.69, 9.17) is 0 Å². The Balaban J connectivity index is 2.21. The van der Waals surface area contributed by atoms with Crippen molar-refractivity contribution in [3.8, 4) is 11.4 Å². The molecule has 90 valence electrons. The Labute approximate surface area is 115 Å². The number of aromatic nitrogens is 3. The lowest BCUT2D eigenvalue weighted by Gasteiger charge is -2.02. The fourth-order valence-electron chi connectivity index (χ4n) is 1.72. The molecule has 2 heterocycles. The first kappa shape index (κ1) is 11.6. The summed E-state index contributed by atoms with van der Waals surface area (Å²) < 4.78 is 4.55. The van der Waals surface area contributed by atoms with Gasteiger partial charge in [0.1, 0.15) is 16.0 Å². The number of rotatable bonds is 2. The van der Waals surface area contributed by atoms with Crippen molar-refractivity contribution in [1.82, 2.24) is 14.3 Å². The summed E-state index contributed by atoms with van der Waals surface area (Å²) in [5.41, 5.74) is 2.54. The minimum absolute atomic E-state index is 0.137. The number of hydrogen-bond donors (Lipinski definition) is 1. The van der Waals surface area contributed by atoms with Gasteiger partial charge in [-0.15, -0.1) is 0 Å². The molecule has 0 amide bonds. The lowest BCUT2D eigenvalue weighted by atomic mass is 10.1. The third-order valence-corrected chi connectivity index (χ3v) is 4.01. The second kappa shape index (κ2) is 4.62. The zero-order valence-electron chi connectivity index (χ0n) is 9.18. The Morgan fingerprint density at radius 2 is 2.28 bits per heavy atom. The third kappa shape index (κ3) is 1.97. The molecule has 0 spiro atoms. The minimum Gasteiger partial charge on any atom is -0.305 e. The fraction of sp³-hybridized carbons (Fsp3) is 0.0833. The molecule has 0 atom stereocenters. The first-order chi connectivity index (χ1) is 8.78. The van der Waals surface area contributed by atoms with E-state index in [0.717, 1.165) is 28.0 Å². The van der Waals surface area contributed by atoms with Crippen molar-refractivity contribution in [2.24, 2.45) is 0 Å². The first-order valence-corrected chi connectivity index (χ1v) is 7.17. The number of benzene rings is 1. The number of hydrogen-bond acceptors (Lipinski definition) is 4. The minimum atomic E-state index is -0.137. The van der Waals surface area contributed by atoms with Crippen molar-refractivity contribution < 1.29 is 0 Å². The van der Waals surface area contributed by atoms with Crippen LogP contribution in [0.4, 0.5) is 0 Å². The van der Waals surface area contributed by atoms with E-state index < -0.39 is 0 Å². The summed E-state index contributed by atoms with van der Waals surface area (Å²) in [7, 11) is 0. The fourth-order valence-corrected chi connectivity index (χ4v) is 2.66. The van der Waals surface area contributed by atoms with Gasteiger partial charge in [-0.05, 0) is 23.2 Å². The lowest BCUT2D eigenvalue weighted by molar-refractivity contribution is 1.18. The molecule has 0 aliphatic heterocycles. The van der Waals surface area contributed by atoms with Crippen LogP contribution in [0.1, 0.15) is 5.56 Å². The molecule has 3 rings (SSSR count). The summed E-state index contributed by atoms with van der Waals surface area (Å²) >= 11 is 4.57. The standard InChI is InChI=1S/C12H8BrN3OS/c13-5-7-2-1-3-8(4-7)11-15-9-6-14-18-10(9)12(17)16-11/h1-4,6H,5H2,(H,15,16,17). The van der Waals surface area contributed by atoms with E-state index in [-0.39, 0.29) is 5.56 Å². The molecular weight excluding hydrogens is 314 g/mol. The Morgan fingerprint density at radius 3 is 3.11 bits per heavy atom. The van der Waals surface area contributed by atoms with Crippen LogP contribution < -0.4 is 5.56 Å². The first-order valence-electron chi connectivity index (χ1n) is 5.28. The van der Waals surface area contributed by atoms with E-state index in [9.17, 15) is 4.79 Å². The zero-order chi connectivity index (χ0) is 12.5. The molecule has 2 aromatic heterocycles. The van der Waals surface area contributed by atoms with Crippen LogP contribution in [-0.4, -0.2) is 14.3 Å². The van der Waals surface area contributed by atoms with Gasteiger partial charge in [0.15, 0.2) is 0 Å². The molecular formula is C12H8BrN3OS. The van der Waals surface area contributed by atoms with Crippen molar-refractivity contribution >= 4 is 37.7 Å². The molecule has 0 aliphatic rings. The Hall–Kier alpha value is -1.53. The Morgan fingerprint density at radius 1 is 1.39 bits per heavy atom. The van der Waals surface area contributed by atoms with Crippen LogP contribution in [0.15, 0.2) is 35.3 Å². The van der Waals surface area contributed by atoms with E-state index in [0.29, 0.717) is 16.0 Å². The van der Waals surface area contributed by atoms with Crippen LogP contribution in [0.5, 0.6) is 0 Å². The average molecular weight is 322 g/mol. The monoisotopic (exact) mass is 321 g/mol.